The van der Waals surface area contributed by atoms with Crippen LogP contribution in [0.25, 0.3) is 0 Å². The molecular formula is C15H19N3O4S. The van der Waals surface area contributed by atoms with Gasteiger partial charge >= 0.3 is 0 Å². The Morgan fingerprint density at radius 1 is 1.17 bits per heavy atom. The Bertz CT molecular complexity index is 709. The largest absolute Gasteiger partial charge is 0.344 e. The van der Waals surface area contributed by atoms with E-state index in [1.54, 1.807) is 12.1 Å². The Labute approximate surface area is 135 Å². The molecule has 2 aliphatic rings. The van der Waals surface area contributed by atoms with Gasteiger partial charge in [0.2, 0.25) is 21.8 Å². The molecule has 23 heavy (non-hydrogen) atoms. The summed E-state index contributed by atoms with van der Waals surface area (Å²) in [6, 6.07) is 5.61. The zero-order valence-corrected chi connectivity index (χ0v) is 13.4. The Hall–Kier alpha value is -1.93. The lowest BCUT2D eigenvalue weighted by Crippen LogP contribution is -2.37. The Morgan fingerprint density at radius 2 is 1.83 bits per heavy atom. The number of rotatable bonds is 4. The van der Waals surface area contributed by atoms with Crippen LogP contribution in [-0.4, -0.2) is 43.7 Å². The summed E-state index contributed by atoms with van der Waals surface area (Å²) in [5.74, 6) is -0.414. The highest BCUT2D eigenvalue weighted by Gasteiger charge is 2.28. The van der Waals surface area contributed by atoms with Crippen LogP contribution in [0.3, 0.4) is 0 Å². The quantitative estimate of drug-likeness (QED) is 0.845. The van der Waals surface area contributed by atoms with Crippen molar-refractivity contribution in [3.8, 4) is 0 Å². The number of benzene rings is 1. The molecule has 2 fully saturated rings. The van der Waals surface area contributed by atoms with E-state index in [0.29, 0.717) is 31.6 Å². The molecular weight excluding hydrogens is 318 g/mol. The second kappa shape index (κ2) is 6.29. The van der Waals surface area contributed by atoms with E-state index in [2.05, 4.69) is 10.6 Å². The molecule has 0 saturated carbocycles. The van der Waals surface area contributed by atoms with Crippen molar-refractivity contribution >= 4 is 27.5 Å². The number of nitrogens with one attached hydrogen (secondary N) is 2. The highest BCUT2D eigenvalue weighted by Crippen LogP contribution is 2.22. The fourth-order valence-electron chi connectivity index (χ4n) is 2.83. The van der Waals surface area contributed by atoms with Crippen molar-refractivity contribution < 1.29 is 18.0 Å². The normalized spacial score (nSPS) is 22.1. The van der Waals surface area contributed by atoms with Crippen LogP contribution in [-0.2, 0) is 19.6 Å². The van der Waals surface area contributed by atoms with E-state index in [1.165, 1.54) is 16.4 Å². The molecule has 1 aromatic rings. The first-order valence-electron chi connectivity index (χ1n) is 7.67. The summed E-state index contributed by atoms with van der Waals surface area (Å²) < 4.78 is 26.3. The molecule has 124 valence electrons. The smallest absolute Gasteiger partial charge is 0.246 e. The van der Waals surface area contributed by atoms with E-state index in [1.807, 2.05) is 0 Å². The van der Waals surface area contributed by atoms with Gasteiger partial charge in [0.15, 0.2) is 0 Å². The molecule has 2 heterocycles. The number of carbonyl (C=O) groups is 2. The molecule has 0 aliphatic carbocycles. The summed E-state index contributed by atoms with van der Waals surface area (Å²) in [4.78, 5) is 23.4. The molecule has 3 rings (SSSR count). The molecule has 2 aliphatic heterocycles. The number of amides is 2. The summed E-state index contributed by atoms with van der Waals surface area (Å²) >= 11 is 0. The molecule has 1 aromatic carbocycles. The van der Waals surface area contributed by atoms with Crippen molar-refractivity contribution in [1.29, 1.82) is 0 Å². The van der Waals surface area contributed by atoms with E-state index in [4.69, 9.17) is 0 Å². The number of hydrogen-bond donors (Lipinski definition) is 2. The fraction of sp³-hybridized carbons (Fsp3) is 0.467. The third kappa shape index (κ3) is 3.37. The number of hydrogen-bond acceptors (Lipinski definition) is 4. The van der Waals surface area contributed by atoms with Gasteiger partial charge in [-0.2, -0.15) is 4.31 Å². The minimum atomic E-state index is -3.44. The number of carbonyl (C=O) groups excluding carboxylic acids is 2. The average molecular weight is 337 g/mol. The van der Waals surface area contributed by atoms with E-state index in [9.17, 15) is 18.0 Å². The molecule has 0 radical (unpaired) electrons. The maximum atomic E-state index is 12.4. The van der Waals surface area contributed by atoms with Gasteiger partial charge in [-0.05, 0) is 43.5 Å². The van der Waals surface area contributed by atoms with E-state index in [-0.39, 0.29) is 16.7 Å². The minimum absolute atomic E-state index is 0.128. The molecule has 0 bridgehead atoms. The first-order chi connectivity index (χ1) is 11.0. The molecule has 2 saturated heterocycles. The van der Waals surface area contributed by atoms with Gasteiger partial charge in [-0.25, -0.2) is 8.42 Å². The first-order valence-corrected chi connectivity index (χ1v) is 9.11. The average Bonchev–Trinajstić information content (AvgIpc) is 3.19. The van der Waals surface area contributed by atoms with Crippen molar-refractivity contribution in [3.05, 3.63) is 24.3 Å². The third-order valence-electron chi connectivity index (χ3n) is 4.14. The Balaban J connectivity index is 1.67. The van der Waals surface area contributed by atoms with Crippen LogP contribution >= 0.6 is 0 Å². The van der Waals surface area contributed by atoms with Crippen LogP contribution in [0.2, 0.25) is 0 Å². The van der Waals surface area contributed by atoms with Crippen LogP contribution in [0.4, 0.5) is 5.69 Å². The predicted molar refractivity (Wildman–Crippen MR) is 84.2 cm³/mol. The zero-order chi connectivity index (χ0) is 16.4. The van der Waals surface area contributed by atoms with Gasteiger partial charge in [-0.3, -0.25) is 9.59 Å². The van der Waals surface area contributed by atoms with Gasteiger partial charge in [0.05, 0.1) is 4.90 Å². The van der Waals surface area contributed by atoms with Crippen molar-refractivity contribution in [3.63, 3.8) is 0 Å². The van der Waals surface area contributed by atoms with Gasteiger partial charge < -0.3 is 10.6 Å². The highest BCUT2D eigenvalue weighted by molar-refractivity contribution is 7.89. The monoisotopic (exact) mass is 337 g/mol. The summed E-state index contributed by atoms with van der Waals surface area (Å²) in [5.41, 5.74) is 0.511. The van der Waals surface area contributed by atoms with Crippen LogP contribution in [0.15, 0.2) is 29.2 Å². The lowest BCUT2D eigenvalue weighted by molar-refractivity contribution is -0.122. The summed E-state index contributed by atoms with van der Waals surface area (Å²) in [6.45, 7) is 1.12. The van der Waals surface area contributed by atoms with Gasteiger partial charge in [0.1, 0.15) is 6.04 Å². The van der Waals surface area contributed by atoms with Crippen molar-refractivity contribution in [1.82, 2.24) is 9.62 Å². The lowest BCUT2D eigenvalue weighted by Gasteiger charge is -2.16. The maximum Gasteiger partial charge on any atom is 0.246 e. The summed E-state index contributed by atoms with van der Waals surface area (Å²) in [5, 5.41) is 5.28. The Morgan fingerprint density at radius 3 is 2.39 bits per heavy atom. The van der Waals surface area contributed by atoms with Crippen LogP contribution in [0, 0.1) is 0 Å². The Kier molecular flexibility index (Phi) is 4.36. The molecule has 2 amide bonds. The predicted octanol–water partition coefficient (Wildman–Crippen LogP) is 0.688. The van der Waals surface area contributed by atoms with Crippen molar-refractivity contribution in [2.45, 2.75) is 36.6 Å². The van der Waals surface area contributed by atoms with Gasteiger partial charge in [-0.1, -0.05) is 0 Å². The number of sulfonamides is 1. The molecule has 1 atom stereocenters. The van der Waals surface area contributed by atoms with Crippen LogP contribution in [0.1, 0.15) is 25.7 Å². The maximum absolute atomic E-state index is 12.4. The SMILES string of the molecule is O=C1CC[C@H](C(=O)Nc2ccc(S(=O)(=O)N3CCCC3)cc2)N1. The lowest BCUT2D eigenvalue weighted by atomic mass is 10.2. The van der Waals surface area contributed by atoms with E-state index >= 15 is 0 Å². The number of anilines is 1. The summed E-state index contributed by atoms with van der Waals surface area (Å²) in [6.07, 6.45) is 2.61. The first kappa shape index (κ1) is 15.9. The second-order valence-electron chi connectivity index (χ2n) is 5.78. The molecule has 2 N–H and O–H groups in total. The van der Waals surface area contributed by atoms with Crippen LogP contribution in [0.5, 0.6) is 0 Å². The van der Waals surface area contributed by atoms with Crippen molar-refractivity contribution in [2.24, 2.45) is 0 Å². The molecule has 0 aromatic heterocycles. The van der Waals surface area contributed by atoms with E-state index in [0.717, 1.165) is 12.8 Å². The van der Waals surface area contributed by atoms with Crippen molar-refractivity contribution in [2.75, 3.05) is 18.4 Å². The highest BCUT2D eigenvalue weighted by atomic mass is 32.2. The standard InChI is InChI=1S/C15H19N3O4S/c19-14-8-7-13(17-14)15(20)16-11-3-5-12(6-4-11)23(21,22)18-9-1-2-10-18/h3-6,13H,1-2,7-10H2,(H,16,20)(H,17,19)/t13-/m1/s1. The van der Waals surface area contributed by atoms with Crippen LogP contribution < -0.4 is 10.6 Å². The molecule has 7 nitrogen and oxygen atoms in total. The zero-order valence-electron chi connectivity index (χ0n) is 12.6. The molecule has 0 spiro atoms. The fourth-order valence-corrected chi connectivity index (χ4v) is 4.34. The van der Waals surface area contributed by atoms with E-state index < -0.39 is 16.1 Å². The molecule has 0 unspecified atom stereocenters. The molecule has 8 heteroatoms. The topological polar surface area (TPSA) is 95.6 Å². The van der Waals surface area contributed by atoms with Gasteiger partial charge in [0.25, 0.3) is 0 Å². The number of nitrogens with zero attached hydrogens (tertiary/aromatic N) is 1. The third-order valence-corrected chi connectivity index (χ3v) is 6.05. The van der Waals surface area contributed by atoms with Gasteiger partial charge in [-0.15, -0.1) is 0 Å². The summed E-state index contributed by atoms with van der Waals surface area (Å²) in [7, 11) is -3.44. The second-order valence-corrected chi connectivity index (χ2v) is 7.72. The minimum Gasteiger partial charge on any atom is -0.344 e. The van der Waals surface area contributed by atoms with Gasteiger partial charge in [0, 0.05) is 25.2 Å².